The van der Waals surface area contributed by atoms with Crippen LogP contribution < -0.4 is 14.4 Å². The molecule has 1 N–H and O–H groups in total. The van der Waals surface area contributed by atoms with Gasteiger partial charge in [0.15, 0.2) is 0 Å². The van der Waals surface area contributed by atoms with Gasteiger partial charge in [0.05, 0.1) is 16.7 Å². The van der Waals surface area contributed by atoms with Crippen LogP contribution in [0.2, 0.25) is 5.02 Å². The lowest BCUT2D eigenvalue weighted by Crippen LogP contribution is -2.38. The van der Waals surface area contributed by atoms with Crippen LogP contribution in [-0.4, -0.2) is 27.0 Å². The quantitative estimate of drug-likeness (QED) is 0.425. The summed E-state index contributed by atoms with van der Waals surface area (Å²) in [4.78, 5) is 13.0. The highest BCUT2D eigenvalue weighted by atomic mass is 35.5. The van der Waals surface area contributed by atoms with Gasteiger partial charge in [-0.25, -0.2) is 8.42 Å². The van der Waals surface area contributed by atoms with E-state index in [4.69, 9.17) is 16.3 Å². The minimum atomic E-state index is -4.00. The van der Waals surface area contributed by atoms with Crippen molar-refractivity contribution in [2.45, 2.75) is 43.6 Å². The highest BCUT2D eigenvalue weighted by Crippen LogP contribution is 2.27. The highest BCUT2D eigenvalue weighted by Gasteiger charge is 2.27. The van der Waals surface area contributed by atoms with E-state index in [9.17, 15) is 13.2 Å². The lowest BCUT2D eigenvalue weighted by molar-refractivity contribution is -0.114. The molecule has 0 aromatic heterocycles. The fourth-order valence-corrected chi connectivity index (χ4v) is 5.52. The first-order chi connectivity index (χ1) is 16.3. The van der Waals surface area contributed by atoms with Crippen molar-refractivity contribution in [3.63, 3.8) is 0 Å². The van der Waals surface area contributed by atoms with Crippen LogP contribution in [0.25, 0.3) is 0 Å². The van der Waals surface area contributed by atoms with E-state index in [1.165, 1.54) is 37.1 Å². The molecule has 0 spiro atoms. The van der Waals surface area contributed by atoms with Crippen LogP contribution in [0.5, 0.6) is 5.75 Å². The van der Waals surface area contributed by atoms with Gasteiger partial charge in [-0.15, -0.1) is 0 Å². The minimum absolute atomic E-state index is 0.0552. The molecule has 6 nitrogen and oxygen atoms in total. The molecule has 1 aliphatic carbocycles. The van der Waals surface area contributed by atoms with Crippen LogP contribution in [0.3, 0.4) is 0 Å². The van der Waals surface area contributed by atoms with E-state index >= 15 is 0 Å². The van der Waals surface area contributed by atoms with Gasteiger partial charge in [0, 0.05) is 10.7 Å². The highest BCUT2D eigenvalue weighted by molar-refractivity contribution is 7.92. The number of sulfonamides is 1. The lowest BCUT2D eigenvalue weighted by Gasteiger charge is -2.24. The predicted octanol–water partition coefficient (Wildman–Crippen LogP) is 5.80. The molecule has 0 saturated heterocycles. The molecule has 0 unspecified atom stereocenters. The molecule has 178 valence electrons. The maximum absolute atomic E-state index is 13.4. The number of anilines is 2. The van der Waals surface area contributed by atoms with E-state index in [-0.39, 0.29) is 17.5 Å². The zero-order valence-electron chi connectivity index (χ0n) is 18.9. The third kappa shape index (κ3) is 5.90. The summed E-state index contributed by atoms with van der Waals surface area (Å²) in [5.74, 6) is 0.306. The third-order valence-electron chi connectivity index (χ3n) is 5.72. The van der Waals surface area contributed by atoms with Gasteiger partial charge in [-0.2, -0.15) is 0 Å². The number of benzene rings is 3. The molecule has 1 aliphatic rings. The predicted molar refractivity (Wildman–Crippen MR) is 135 cm³/mol. The molecule has 0 heterocycles. The van der Waals surface area contributed by atoms with Gasteiger partial charge in [0.2, 0.25) is 5.91 Å². The molecule has 4 rings (SSSR count). The smallest absolute Gasteiger partial charge is 0.264 e. The second-order valence-corrected chi connectivity index (χ2v) is 10.7. The summed E-state index contributed by atoms with van der Waals surface area (Å²) in [5.41, 5.74) is 1.86. The topological polar surface area (TPSA) is 75.7 Å². The number of carbonyl (C=O) groups excluding carboxylic acids is 1. The summed E-state index contributed by atoms with van der Waals surface area (Å²) >= 11 is 5.93. The molecule has 1 saturated carbocycles. The first-order valence-corrected chi connectivity index (χ1v) is 13.0. The second-order valence-electron chi connectivity index (χ2n) is 8.40. The Morgan fingerprint density at radius 3 is 2.35 bits per heavy atom. The van der Waals surface area contributed by atoms with Crippen molar-refractivity contribution in [1.29, 1.82) is 0 Å². The number of halogens is 1. The van der Waals surface area contributed by atoms with Crippen molar-refractivity contribution >= 4 is 38.9 Å². The number of hydrogen-bond donors (Lipinski definition) is 1. The van der Waals surface area contributed by atoms with E-state index in [2.05, 4.69) is 5.32 Å². The molecule has 1 fully saturated rings. The molecule has 1 amide bonds. The Kier molecular flexibility index (Phi) is 7.44. The Hall–Kier alpha value is -3.03. The van der Waals surface area contributed by atoms with Crippen molar-refractivity contribution in [1.82, 2.24) is 0 Å². The monoisotopic (exact) mass is 498 g/mol. The fourth-order valence-electron chi connectivity index (χ4n) is 3.98. The van der Waals surface area contributed by atoms with E-state index in [0.717, 1.165) is 28.5 Å². The van der Waals surface area contributed by atoms with Crippen molar-refractivity contribution in [2.75, 3.05) is 16.2 Å². The number of carbonyl (C=O) groups is 1. The van der Waals surface area contributed by atoms with Crippen LogP contribution in [0.4, 0.5) is 11.4 Å². The van der Waals surface area contributed by atoms with Crippen molar-refractivity contribution < 1.29 is 17.9 Å². The number of nitrogens with zero attached hydrogens (tertiary/aromatic N) is 1. The SMILES string of the molecule is Cc1cccc(N(CC(=O)Nc2ccc(OC3CCCC3)cc2)S(=O)(=O)c2ccc(Cl)cc2)c1. The maximum Gasteiger partial charge on any atom is 0.264 e. The summed E-state index contributed by atoms with van der Waals surface area (Å²) < 4.78 is 33.9. The summed E-state index contributed by atoms with van der Waals surface area (Å²) in [6.07, 6.45) is 4.76. The standard InChI is InChI=1S/C26H27ClN2O4S/c1-19-5-4-6-22(17-19)29(34(31,32)25-15-9-20(27)10-16-25)18-26(30)28-21-11-13-24(14-12-21)33-23-7-2-3-8-23/h4-6,9-17,23H,2-3,7-8,18H2,1H3,(H,28,30). The number of amides is 1. The normalized spacial score (nSPS) is 14.1. The number of rotatable bonds is 8. The van der Waals surface area contributed by atoms with Crippen LogP contribution in [-0.2, 0) is 14.8 Å². The zero-order valence-corrected chi connectivity index (χ0v) is 20.5. The largest absolute Gasteiger partial charge is 0.490 e. The number of aryl methyl sites for hydroxylation is 1. The van der Waals surface area contributed by atoms with E-state index in [0.29, 0.717) is 16.4 Å². The molecular formula is C26H27ClN2O4S. The lowest BCUT2D eigenvalue weighted by atomic mass is 10.2. The van der Waals surface area contributed by atoms with Gasteiger partial charge in [-0.05, 0) is 98.8 Å². The molecule has 3 aromatic carbocycles. The average Bonchev–Trinajstić information content (AvgIpc) is 3.32. The van der Waals surface area contributed by atoms with Gasteiger partial charge < -0.3 is 10.1 Å². The molecule has 34 heavy (non-hydrogen) atoms. The van der Waals surface area contributed by atoms with Gasteiger partial charge in [-0.1, -0.05) is 23.7 Å². The summed E-state index contributed by atoms with van der Waals surface area (Å²) in [6.45, 7) is 1.49. The van der Waals surface area contributed by atoms with E-state index in [1.54, 1.807) is 30.3 Å². The second kappa shape index (κ2) is 10.5. The van der Waals surface area contributed by atoms with Crippen LogP contribution >= 0.6 is 11.6 Å². The molecule has 0 bridgehead atoms. The Balaban J connectivity index is 1.51. The fraction of sp³-hybridized carbons (Fsp3) is 0.269. The van der Waals surface area contributed by atoms with Gasteiger partial charge in [0.25, 0.3) is 10.0 Å². The van der Waals surface area contributed by atoms with Crippen molar-refractivity contribution in [3.05, 3.63) is 83.4 Å². The number of hydrogen-bond acceptors (Lipinski definition) is 4. The first-order valence-electron chi connectivity index (χ1n) is 11.2. The maximum atomic E-state index is 13.4. The number of nitrogens with one attached hydrogen (secondary N) is 1. The molecule has 0 aliphatic heterocycles. The average molecular weight is 499 g/mol. The van der Waals surface area contributed by atoms with Crippen LogP contribution in [0.15, 0.2) is 77.7 Å². The Bertz CT molecular complexity index is 1240. The molecular weight excluding hydrogens is 472 g/mol. The zero-order chi connectivity index (χ0) is 24.1. The van der Waals surface area contributed by atoms with E-state index < -0.39 is 15.9 Å². The minimum Gasteiger partial charge on any atom is -0.490 e. The van der Waals surface area contributed by atoms with Crippen LogP contribution in [0.1, 0.15) is 31.2 Å². The van der Waals surface area contributed by atoms with Gasteiger partial charge in [-0.3, -0.25) is 9.10 Å². The van der Waals surface area contributed by atoms with Crippen LogP contribution in [0, 0.1) is 6.92 Å². The van der Waals surface area contributed by atoms with E-state index in [1.807, 2.05) is 25.1 Å². The summed E-state index contributed by atoms with van der Waals surface area (Å²) in [6, 6.07) is 20.1. The Morgan fingerprint density at radius 2 is 1.71 bits per heavy atom. The molecule has 3 aromatic rings. The molecule has 8 heteroatoms. The van der Waals surface area contributed by atoms with Crippen molar-refractivity contribution in [2.24, 2.45) is 0 Å². The number of ether oxygens (including phenoxy) is 1. The Labute approximate surface area is 205 Å². The Morgan fingerprint density at radius 1 is 1.03 bits per heavy atom. The van der Waals surface area contributed by atoms with Crippen molar-refractivity contribution in [3.8, 4) is 5.75 Å². The van der Waals surface area contributed by atoms with Gasteiger partial charge in [0.1, 0.15) is 12.3 Å². The first kappa shape index (κ1) is 24.1. The summed E-state index contributed by atoms with van der Waals surface area (Å²) in [7, 11) is -4.00. The van der Waals surface area contributed by atoms with Gasteiger partial charge >= 0.3 is 0 Å². The molecule has 0 radical (unpaired) electrons. The summed E-state index contributed by atoms with van der Waals surface area (Å²) in [5, 5.41) is 3.22. The third-order valence-corrected chi connectivity index (χ3v) is 7.76. The molecule has 0 atom stereocenters.